The van der Waals surface area contributed by atoms with E-state index in [0.29, 0.717) is 0 Å². The van der Waals surface area contributed by atoms with Crippen molar-refractivity contribution in [1.29, 1.82) is 0 Å². The molecular formula is C16H18N2S. The van der Waals surface area contributed by atoms with Gasteiger partial charge in [0.1, 0.15) is 0 Å². The monoisotopic (exact) mass is 270 g/mol. The van der Waals surface area contributed by atoms with Crippen LogP contribution in [0.25, 0.3) is 0 Å². The predicted octanol–water partition coefficient (Wildman–Crippen LogP) is 3.51. The number of hydrogen-bond acceptors (Lipinski definition) is 3. The summed E-state index contributed by atoms with van der Waals surface area (Å²) in [6.45, 7) is 2.04. The molecule has 1 aliphatic rings. The highest BCUT2D eigenvalue weighted by atomic mass is 32.1. The summed E-state index contributed by atoms with van der Waals surface area (Å²) in [5.41, 5.74) is 10.6. The van der Waals surface area contributed by atoms with Gasteiger partial charge < -0.3 is 10.6 Å². The predicted molar refractivity (Wildman–Crippen MR) is 83.9 cm³/mol. The van der Waals surface area contributed by atoms with E-state index < -0.39 is 0 Å². The lowest BCUT2D eigenvalue weighted by Gasteiger charge is -2.31. The van der Waals surface area contributed by atoms with Crippen LogP contribution in [0.5, 0.6) is 0 Å². The number of nitrogen functional groups attached to an aromatic ring is 1. The number of nitrogens with zero attached hydrogens (tertiary/aromatic N) is 1. The molecule has 0 bridgehead atoms. The Balaban J connectivity index is 1.86. The molecule has 1 heterocycles. The highest BCUT2D eigenvalue weighted by molar-refractivity contribution is 7.80. The van der Waals surface area contributed by atoms with E-state index in [1.807, 2.05) is 6.07 Å². The molecule has 0 atom stereocenters. The van der Waals surface area contributed by atoms with Crippen LogP contribution in [0.4, 0.5) is 11.4 Å². The van der Waals surface area contributed by atoms with Gasteiger partial charge in [0.15, 0.2) is 0 Å². The molecule has 0 aliphatic carbocycles. The number of rotatable bonds is 2. The molecule has 2 aromatic carbocycles. The summed E-state index contributed by atoms with van der Waals surface area (Å²) in [4.78, 5) is 3.31. The van der Waals surface area contributed by atoms with Crippen LogP contribution < -0.4 is 10.6 Å². The van der Waals surface area contributed by atoms with Gasteiger partial charge in [-0.1, -0.05) is 24.3 Å². The fourth-order valence-corrected chi connectivity index (χ4v) is 2.92. The Bertz CT molecular complexity index is 595. The Morgan fingerprint density at radius 2 is 2.00 bits per heavy atom. The summed E-state index contributed by atoms with van der Waals surface area (Å²) in [5, 5.41) is 0. The Morgan fingerprint density at radius 1 is 1.16 bits per heavy atom. The minimum atomic E-state index is 0.742. The van der Waals surface area contributed by atoms with Gasteiger partial charge in [0.05, 0.1) is 0 Å². The first kappa shape index (κ1) is 12.4. The van der Waals surface area contributed by atoms with Crippen LogP contribution in [0.1, 0.15) is 17.5 Å². The normalized spacial score (nSPS) is 14.3. The first-order valence-electron chi connectivity index (χ1n) is 6.64. The van der Waals surface area contributed by atoms with Crippen molar-refractivity contribution in [2.75, 3.05) is 17.2 Å². The Hall–Kier alpha value is -1.61. The summed E-state index contributed by atoms with van der Waals surface area (Å²) < 4.78 is 0. The second kappa shape index (κ2) is 5.17. The third kappa shape index (κ3) is 2.56. The van der Waals surface area contributed by atoms with Gasteiger partial charge >= 0.3 is 0 Å². The van der Waals surface area contributed by atoms with E-state index in [9.17, 15) is 0 Å². The lowest BCUT2D eigenvalue weighted by molar-refractivity contribution is 0.691. The minimum Gasteiger partial charge on any atom is -0.398 e. The third-order valence-corrected chi connectivity index (χ3v) is 4.06. The fraction of sp³-hybridized carbons (Fsp3) is 0.250. The lowest BCUT2D eigenvalue weighted by atomic mass is 10.0. The number of benzene rings is 2. The van der Waals surface area contributed by atoms with Crippen LogP contribution in [0.3, 0.4) is 0 Å². The second-order valence-corrected chi connectivity index (χ2v) is 5.53. The number of fused-ring (bicyclic) bond motifs is 1. The smallest absolute Gasteiger partial charge is 0.0449 e. The van der Waals surface area contributed by atoms with E-state index in [-0.39, 0.29) is 0 Å². The summed E-state index contributed by atoms with van der Waals surface area (Å²) in [6.07, 6.45) is 2.41. The van der Waals surface area contributed by atoms with E-state index in [0.717, 1.165) is 23.7 Å². The molecule has 3 heteroatoms. The summed E-state index contributed by atoms with van der Waals surface area (Å²) >= 11 is 4.40. The molecule has 0 radical (unpaired) electrons. The van der Waals surface area contributed by atoms with Crippen molar-refractivity contribution in [2.24, 2.45) is 0 Å². The van der Waals surface area contributed by atoms with Crippen molar-refractivity contribution in [1.82, 2.24) is 0 Å². The van der Waals surface area contributed by atoms with Crippen molar-refractivity contribution >= 4 is 24.0 Å². The largest absolute Gasteiger partial charge is 0.398 e. The summed E-state index contributed by atoms with van der Waals surface area (Å²) in [5.74, 6) is 0. The standard InChI is InChI=1S/C16H18N2S/c17-14-8-7-12(10-16(14)19)11-18-9-3-5-13-4-1-2-6-15(13)18/h1-2,4,6-8,10,19H,3,5,9,11,17H2. The van der Waals surface area contributed by atoms with Gasteiger partial charge in [0.2, 0.25) is 0 Å². The molecule has 0 saturated carbocycles. The van der Waals surface area contributed by atoms with E-state index >= 15 is 0 Å². The number of aryl methyl sites for hydroxylation is 1. The van der Waals surface area contributed by atoms with Crippen molar-refractivity contribution in [3.63, 3.8) is 0 Å². The average Bonchev–Trinajstić information content (AvgIpc) is 2.43. The molecule has 0 amide bonds. The maximum Gasteiger partial charge on any atom is 0.0449 e. The fourth-order valence-electron chi connectivity index (χ4n) is 2.68. The zero-order valence-electron chi connectivity index (χ0n) is 10.8. The van der Waals surface area contributed by atoms with Gasteiger partial charge in [-0.05, 0) is 42.2 Å². The summed E-state index contributed by atoms with van der Waals surface area (Å²) in [7, 11) is 0. The second-order valence-electron chi connectivity index (χ2n) is 5.05. The Morgan fingerprint density at radius 3 is 2.84 bits per heavy atom. The third-order valence-electron chi connectivity index (χ3n) is 3.67. The molecule has 1 aliphatic heterocycles. The van der Waals surface area contributed by atoms with Crippen molar-refractivity contribution < 1.29 is 0 Å². The zero-order valence-corrected chi connectivity index (χ0v) is 11.7. The Labute approximate surface area is 119 Å². The van der Waals surface area contributed by atoms with Crippen LogP contribution in [0.2, 0.25) is 0 Å². The van der Waals surface area contributed by atoms with Gasteiger partial charge in [-0.25, -0.2) is 0 Å². The first-order chi connectivity index (χ1) is 9.24. The van der Waals surface area contributed by atoms with Crippen LogP contribution in [0.15, 0.2) is 47.4 Å². The first-order valence-corrected chi connectivity index (χ1v) is 7.09. The van der Waals surface area contributed by atoms with E-state index in [4.69, 9.17) is 5.73 Å². The lowest BCUT2D eigenvalue weighted by Crippen LogP contribution is -2.28. The molecule has 0 saturated heterocycles. The Kier molecular flexibility index (Phi) is 3.38. The van der Waals surface area contributed by atoms with Gasteiger partial charge in [-0.2, -0.15) is 0 Å². The molecule has 98 valence electrons. The van der Waals surface area contributed by atoms with Crippen LogP contribution in [-0.4, -0.2) is 6.54 Å². The number of para-hydroxylation sites is 1. The highest BCUT2D eigenvalue weighted by Crippen LogP contribution is 2.28. The maximum absolute atomic E-state index is 5.81. The minimum absolute atomic E-state index is 0.742. The van der Waals surface area contributed by atoms with Crippen LogP contribution in [0, 0.1) is 0 Å². The zero-order chi connectivity index (χ0) is 13.2. The molecule has 19 heavy (non-hydrogen) atoms. The number of thiol groups is 1. The molecule has 0 fully saturated rings. The van der Waals surface area contributed by atoms with Crippen molar-refractivity contribution in [2.45, 2.75) is 24.3 Å². The van der Waals surface area contributed by atoms with Gasteiger partial charge in [0.25, 0.3) is 0 Å². The van der Waals surface area contributed by atoms with Gasteiger partial charge in [0, 0.05) is 29.4 Å². The molecule has 2 nitrogen and oxygen atoms in total. The molecule has 0 unspecified atom stereocenters. The van der Waals surface area contributed by atoms with E-state index in [1.165, 1.54) is 29.7 Å². The number of anilines is 2. The highest BCUT2D eigenvalue weighted by Gasteiger charge is 2.16. The topological polar surface area (TPSA) is 29.3 Å². The molecule has 2 aromatic rings. The SMILES string of the molecule is Nc1ccc(CN2CCCc3ccccc32)cc1S. The maximum atomic E-state index is 5.81. The number of nitrogens with two attached hydrogens (primary N) is 1. The van der Waals surface area contributed by atoms with Gasteiger partial charge in [-0.3, -0.25) is 0 Å². The van der Waals surface area contributed by atoms with Crippen molar-refractivity contribution in [3.05, 3.63) is 53.6 Å². The van der Waals surface area contributed by atoms with Crippen LogP contribution in [-0.2, 0) is 13.0 Å². The number of hydrogen-bond donors (Lipinski definition) is 2. The quantitative estimate of drug-likeness (QED) is 0.646. The molecule has 3 rings (SSSR count). The average molecular weight is 270 g/mol. The molecule has 0 spiro atoms. The molecular weight excluding hydrogens is 252 g/mol. The summed E-state index contributed by atoms with van der Waals surface area (Å²) in [6, 6.07) is 14.8. The molecule has 0 aromatic heterocycles. The van der Waals surface area contributed by atoms with Crippen LogP contribution >= 0.6 is 12.6 Å². The van der Waals surface area contributed by atoms with Gasteiger partial charge in [-0.15, -0.1) is 12.6 Å². The molecule has 2 N–H and O–H groups in total. The van der Waals surface area contributed by atoms with Crippen molar-refractivity contribution in [3.8, 4) is 0 Å². The van der Waals surface area contributed by atoms with E-state index in [1.54, 1.807) is 0 Å². The van der Waals surface area contributed by atoms with E-state index in [2.05, 4.69) is 53.9 Å².